The zero-order valence-corrected chi connectivity index (χ0v) is 22.7. The van der Waals surface area contributed by atoms with Gasteiger partial charge in [-0.2, -0.15) is 5.10 Å². The molecule has 0 saturated heterocycles. The molecule has 0 unspecified atom stereocenters. The normalized spacial score (nSPS) is 11.6. The number of aromatic amines is 2. The van der Waals surface area contributed by atoms with Crippen LogP contribution in [0.4, 0.5) is 10.1 Å². The summed E-state index contributed by atoms with van der Waals surface area (Å²) in [6.07, 6.45) is 7.11. The molecule has 6 rings (SSSR count). The zero-order valence-electron chi connectivity index (χ0n) is 22.7. The average molecular weight is 537 g/mol. The van der Waals surface area contributed by atoms with Crippen LogP contribution in [0.2, 0.25) is 0 Å². The van der Waals surface area contributed by atoms with E-state index >= 15 is 0 Å². The molecule has 0 radical (unpaired) electrons. The van der Waals surface area contributed by atoms with Gasteiger partial charge in [0.1, 0.15) is 29.5 Å². The lowest BCUT2D eigenvalue weighted by atomic mass is 10.0. The molecule has 40 heavy (non-hydrogen) atoms. The van der Waals surface area contributed by atoms with Gasteiger partial charge < -0.3 is 19.5 Å². The van der Waals surface area contributed by atoms with Crippen LogP contribution in [0.1, 0.15) is 0 Å². The Morgan fingerprint density at radius 1 is 0.900 bits per heavy atom. The lowest BCUT2D eigenvalue weighted by Gasteiger charge is -2.12. The largest absolute Gasteiger partial charge is 0.492 e. The minimum absolute atomic E-state index is 0.357. The molecule has 9 nitrogen and oxygen atoms in total. The number of benzene rings is 1. The summed E-state index contributed by atoms with van der Waals surface area (Å²) in [4.78, 5) is 21.0. The van der Waals surface area contributed by atoms with Crippen molar-refractivity contribution in [2.45, 2.75) is 0 Å². The van der Waals surface area contributed by atoms with Crippen molar-refractivity contribution in [3.8, 4) is 39.5 Å². The second kappa shape index (κ2) is 10.4. The molecular formula is C30H29FN8O. The van der Waals surface area contributed by atoms with Gasteiger partial charge in [-0.25, -0.2) is 9.37 Å². The molecule has 0 amide bonds. The number of H-pyrrole nitrogens is 2. The number of halogens is 1. The first-order chi connectivity index (χ1) is 19.4. The third-order valence-electron chi connectivity index (χ3n) is 6.76. The topological polar surface area (TPSA) is 98.8 Å². The molecule has 0 fully saturated rings. The zero-order chi connectivity index (χ0) is 27.8. The molecule has 5 heterocycles. The van der Waals surface area contributed by atoms with E-state index in [0.717, 1.165) is 56.7 Å². The van der Waals surface area contributed by atoms with E-state index < -0.39 is 0 Å². The number of hydrogen-bond acceptors (Lipinski definition) is 7. The van der Waals surface area contributed by atoms with Crippen molar-refractivity contribution in [1.82, 2.24) is 35.0 Å². The molecule has 0 aliphatic rings. The van der Waals surface area contributed by atoms with Crippen LogP contribution >= 0.6 is 0 Å². The van der Waals surface area contributed by atoms with Crippen LogP contribution in [-0.4, -0.2) is 76.4 Å². The maximum absolute atomic E-state index is 14.6. The highest BCUT2D eigenvalue weighted by atomic mass is 19.1. The predicted molar refractivity (Wildman–Crippen MR) is 156 cm³/mol. The molecule has 0 aliphatic carbocycles. The van der Waals surface area contributed by atoms with E-state index in [9.17, 15) is 4.39 Å². The van der Waals surface area contributed by atoms with Crippen LogP contribution in [-0.2, 0) is 0 Å². The van der Waals surface area contributed by atoms with Gasteiger partial charge in [0.2, 0.25) is 0 Å². The molecule has 0 atom stereocenters. The first-order valence-electron chi connectivity index (χ1n) is 12.9. The van der Waals surface area contributed by atoms with Crippen LogP contribution in [0, 0.1) is 5.82 Å². The summed E-state index contributed by atoms with van der Waals surface area (Å²) in [7, 11) is 7.90. The van der Waals surface area contributed by atoms with Gasteiger partial charge in [-0.1, -0.05) is 0 Å². The van der Waals surface area contributed by atoms with Crippen molar-refractivity contribution < 1.29 is 9.13 Å². The fraction of sp³-hybridized carbons (Fsp3) is 0.200. The number of nitrogens with one attached hydrogen (secondary N) is 2. The number of nitrogens with zero attached hydrogens (tertiary/aromatic N) is 6. The van der Waals surface area contributed by atoms with Gasteiger partial charge in [-0.3, -0.25) is 15.1 Å². The maximum atomic E-state index is 14.6. The first kappa shape index (κ1) is 25.4. The van der Waals surface area contributed by atoms with Gasteiger partial charge in [0, 0.05) is 55.4 Å². The SMILES string of the molecule is CN(C)CCOc1cc(F)cc(-c2ccnc3[nH]c(-c4n[nH]c5cnc(-c6cncc(N(C)C)c6)cc45)cc23)c1. The van der Waals surface area contributed by atoms with Gasteiger partial charge >= 0.3 is 0 Å². The first-order valence-corrected chi connectivity index (χ1v) is 12.9. The summed E-state index contributed by atoms with van der Waals surface area (Å²) in [6.45, 7) is 1.20. The van der Waals surface area contributed by atoms with E-state index in [4.69, 9.17) is 4.74 Å². The van der Waals surface area contributed by atoms with Crippen LogP contribution < -0.4 is 9.64 Å². The number of aromatic nitrogens is 6. The van der Waals surface area contributed by atoms with Gasteiger partial charge in [-0.05, 0) is 61.6 Å². The van der Waals surface area contributed by atoms with Crippen molar-refractivity contribution in [1.29, 1.82) is 0 Å². The molecule has 6 aromatic rings. The van der Waals surface area contributed by atoms with Crippen molar-refractivity contribution >= 4 is 27.6 Å². The number of ether oxygens (including phenoxy) is 1. The fourth-order valence-electron chi connectivity index (χ4n) is 4.65. The Labute approximate surface area is 230 Å². The summed E-state index contributed by atoms with van der Waals surface area (Å²) >= 11 is 0. The van der Waals surface area contributed by atoms with E-state index in [2.05, 4.69) is 36.2 Å². The van der Waals surface area contributed by atoms with E-state index in [1.165, 1.54) is 12.1 Å². The van der Waals surface area contributed by atoms with E-state index in [1.54, 1.807) is 18.6 Å². The Balaban J connectivity index is 1.39. The van der Waals surface area contributed by atoms with Gasteiger partial charge in [0.25, 0.3) is 0 Å². The van der Waals surface area contributed by atoms with Crippen molar-refractivity contribution in [2.75, 3.05) is 46.2 Å². The third-order valence-corrected chi connectivity index (χ3v) is 6.76. The van der Waals surface area contributed by atoms with Crippen molar-refractivity contribution in [3.63, 3.8) is 0 Å². The second-order valence-electron chi connectivity index (χ2n) is 10.1. The minimum Gasteiger partial charge on any atom is -0.492 e. The number of pyridine rings is 3. The summed E-state index contributed by atoms with van der Waals surface area (Å²) in [5.74, 6) is 0.132. The number of anilines is 1. The minimum atomic E-state index is -0.357. The highest BCUT2D eigenvalue weighted by molar-refractivity contribution is 6.00. The van der Waals surface area contributed by atoms with Gasteiger partial charge in [0.05, 0.1) is 35.0 Å². The highest BCUT2D eigenvalue weighted by Gasteiger charge is 2.16. The van der Waals surface area contributed by atoms with E-state index in [1.807, 2.05) is 68.5 Å². The quantitative estimate of drug-likeness (QED) is 0.270. The average Bonchev–Trinajstić information content (AvgIpc) is 3.56. The van der Waals surface area contributed by atoms with Gasteiger partial charge in [0.15, 0.2) is 0 Å². The molecule has 10 heteroatoms. The molecule has 0 aliphatic heterocycles. The van der Waals surface area contributed by atoms with Gasteiger partial charge in [-0.15, -0.1) is 0 Å². The lowest BCUT2D eigenvalue weighted by molar-refractivity contribution is 0.260. The van der Waals surface area contributed by atoms with E-state index in [-0.39, 0.29) is 5.82 Å². The van der Waals surface area contributed by atoms with Crippen LogP contribution in [0.5, 0.6) is 5.75 Å². The van der Waals surface area contributed by atoms with Crippen LogP contribution in [0.3, 0.4) is 0 Å². The summed E-state index contributed by atoms with van der Waals surface area (Å²) in [5, 5.41) is 9.44. The number of likely N-dealkylation sites (N-methyl/N-ethyl adjacent to an activating group) is 1. The number of rotatable bonds is 8. The molecule has 0 bridgehead atoms. The third kappa shape index (κ3) is 4.96. The smallest absolute Gasteiger partial charge is 0.138 e. The number of hydrogen-bond donors (Lipinski definition) is 2. The Morgan fingerprint density at radius 3 is 2.60 bits per heavy atom. The monoisotopic (exact) mass is 536 g/mol. The van der Waals surface area contributed by atoms with Crippen LogP contribution in [0.25, 0.3) is 55.7 Å². The molecule has 5 aromatic heterocycles. The Bertz CT molecular complexity index is 1820. The maximum Gasteiger partial charge on any atom is 0.138 e. The standard InChI is InChI=1S/C30H29FN8O/c1-38(2)7-8-40-22-11-18(9-20(31)12-22)23-5-6-33-30-24(23)13-27(35-30)29-25-14-26(34-17-28(25)36-37-29)19-10-21(39(3)4)16-32-15-19/h5-6,9-17H,7-8H2,1-4H3,(H,33,35)(H,36,37). The summed E-state index contributed by atoms with van der Waals surface area (Å²) < 4.78 is 20.4. The predicted octanol–water partition coefficient (Wildman–Crippen LogP) is 5.38. The Hall–Kier alpha value is -4.83. The fourth-order valence-corrected chi connectivity index (χ4v) is 4.65. The highest BCUT2D eigenvalue weighted by Crippen LogP contribution is 2.35. The Kier molecular flexibility index (Phi) is 6.61. The molecule has 2 N–H and O–H groups in total. The molecule has 0 spiro atoms. The lowest BCUT2D eigenvalue weighted by Crippen LogP contribution is -2.19. The number of fused-ring (bicyclic) bond motifs is 2. The second-order valence-corrected chi connectivity index (χ2v) is 10.1. The Morgan fingerprint density at radius 2 is 1.77 bits per heavy atom. The van der Waals surface area contributed by atoms with E-state index in [0.29, 0.717) is 23.6 Å². The summed E-state index contributed by atoms with van der Waals surface area (Å²) in [5.41, 5.74) is 7.28. The van der Waals surface area contributed by atoms with Crippen molar-refractivity contribution in [3.05, 3.63) is 73.1 Å². The van der Waals surface area contributed by atoms with Crippen LogP contribution in [0.15, 0.2) is 67.3 Å². The molecule has 202 valence electrons. The molecular weight excluding hydrogens is 507 g/mol. The van der Waals surface area contributed by atoms with Crippen molar-refractivity contribution in [2.24, 2.45) is 0 Å². The molecule has 1 aromatic carbocycles. The summed E-state index contributed by atoms with van der Waals surface area (Å²) in [6, 6.07) is 12.7. The molecule has 0 saturated carbocycles.